The van der Waals surface area contributed by atoms with Crippen molar-refractivity contribution < 1.29 is 9.59 Å². The van der Waals surface area contributed by atoms with Gasteiger partial charge in [-0.2, -0.15) is 0 Å². The van der Waals surface area contributed by atoms with E-state index >= 15 is 0 Å². The van der Waals surface area contributed by atoms with Crippen LogP contribution in [0.4, 0.5) is 5.95 Å². The van der Waals surface area contributed by atoms with Gasteiger partial charge in [0.1, 0.15) is 0 Å². The van der Waals surface area contributed by atoms with Crippen molar-refractivity contribution in [2.24, 2.45) is 0 Å². The van der Waals surface area contributed by atoms with Crippen LogP contribution in [0.2, 0.25) is 0 Å². The second-order valence-corrected chi connectivity index (χ2v) is 6.10. The monoisotopic (exact) mass is 333 g/mol. The Hall–Kier alpha value is -2.48. The van der Waals surface area contributed by atoms with E-state index in [-0.39, 0.29) is 24.3 Å². The third-order valence-electron chi connectivity index (χ3n) is 2.95. The maximum absolute atomic E-state index is 12.1. The highest BCUT2D eigenvalue weighted by Crippen LogP contribution is 2.21. The Morgan fingerprint density at radius 3 is 2.52 bits per heavy atom. The second kappa shape index (κ2) is 7.68. The first-order valence-corrected chi connectivity index (χ1v) is 7.99. The Balaban J connectivity index is 1.95. The maximum atomic E-state index is 12.1. The lowest BCUT2D eigenvalue weighted by atomic mass is 10.1. The predicted octanol–water partition coefficient (Wildman–Crippen LogP) is 1.87. The number of anilines is 1. The van der Waals surface area contributed by atoms with Gasteiger partial charge >= 0.3 is 0 Å². The number of hydrogen-bond donors (Lipinski definition) is 3. The summed E-state index contributed by atoms with van der Waals surface area (Å²) in [7, 11) is 0. The third kappa shape index (κ3) is 5.33. The van der Waals surface area contributed by atoms with Gasteiger partial charge in [0.25, 0.3) is 0 Å². The molecule has 0 aliphatic rings. The van der Waals surface area contributed by atoms with Crippen molar-refractivity contribution in [2.45, 2.75) is 33.2 Å². The van der Waals surface area contributed by atoms with Crippen LogP contribution < -0.4 is 16.2 Å². The fourth-order valence-electron chi connectivity index (χ4n) is 2.10. The lowest BCUT2D eigenvalue weighted by Gasteiger charge is -2.16. The first-order valence-electron chi connectivity index (χ1n) is 7.11. The van der Waals surface area contributed by atoms with E-state index in [2.05, 4.69) is 26.1 Å². The molecule has 23 heavy (non-hydrogen) atoms. The minimum absolute atomic E-state index is 0.123. The maximum Gasteiger partial charge on any atom is 0.242 e. The van der Waals surface area contributed by atoms with Crippen molar-refractivity contribution in [1.82, 2.24) is 20.7 Å². The fourth-order valence-corrected chi connectivity index (χ4v) is 2.88. The molecule has 0 bridgehead atoms. The first-order chi connectivity index (χ1) is 10.9. The number of carbonyl (C=O) groups is 2. The topological polar surface area (TPSA) is 96.0 Å². The number of nitrogens with zero attached hydrogens (tertiary/aromatic N) is 2. The zero-order chi connectivity index (χ0) is 16.8. The molecular formula is C15H19N5O2S. The van der Waals surface area contributed by atoms with Gasteiger partial charge in [0.05, 0.1) is 12.5 Å². The Labute approximate surface area is 138 Å². The minimum Gasteiger partial charge on any atom is -0.348 e. The van der Waals surface area contributed by atoms with Crippen LogP contribution in [0.25, 0.3) is 0 Å². The summed E-state index contributed by atoms with van der Waals surface area (Å²) in [4.78, 5) is 32.7. The summed E-state index contributed by atoms with van der Waals surface area (Å²) in [5.74, 6) is -0.107. The SMILES string of the molecule is CC(=O)NC(CC(=O)NNc1nc(C)cc(C)n1)c1cccs1. The molecule has 3 N–H and O–H groups in total. The van der Waals surface area contributed by atoms with Crippen LogP contribution in [0, 0.1) is 13.8 Å². The number of thiophene rings is 1. The quantitative estimate of drug-likeness (QED) is 0.701. The predicted molar refractivity (Wildman–Crippen MR) is 88.8 cm³/mol. The van der Waals surface area contributed by atoms with E-state index in [1.807, 2.05) is 37.4 Å². The summed E-state index contributed by atoms with van der Waals surface area (Å²) < 4.78 is 0. The van der Waals surface area contributed by atoms with Crippen molar-refractivity contribution in [2.75, 3.05) is 5.43 Å². The van der Waals surface area contributed by atoms with Crippen molar-refractivity contribution in [3.63, 3.8) is 0 Å². The molecule has 0 aliphatic carbocycles. The molecule has 1 atom stereocenters. The summed E-state index contributed by atoms with van der Waals surface area (Å²) in [6, 6.07) is 5.26. The number of hydrogen-bond acceptors (Lipinski definition) is 6. The van der Waals surface area contributed by atoms with Crippen LogP contribution in [0.3, 0.4) is 0 Å². The van der Waals surface area contributed by atoms with Gasteiger partial charge in [0, 0.05) is 23.2 Å². The molecule has 2 amide bonds. The Morgan fingerprint density at radius 1 is 1.26 bits per heavy atom. The van der Waals surface area contributed by atoms with Gasteiger partial charge in [-0.15, -0.1) is 11.3 Å². The summed E-state index contributed by atoms with van der Waals surface area (Å²) in [5, 5.41) is 4.69. The number of amides is 2. The molecule has 2 heterocycles. The van der Waals surface area contributed by atoms with Gasteiger partial charge in [-0.25, -0.2) is 9.97 Å². The van der Waals surface area contributed by atoms with Gasteiger partial charge in [-0.1, -0.05) is 6.07 Å². The molecular weight excluding hydrogens is 314 g/mol. The number of aryl methyl sites for hydroxylation is 2. The summed E-state index contributed by atoms with van der Waals surface area (Å²) in [6.07, 6.45) is 0.123. The van der Waals surface area contributed by atoms with Gasteiger partial charge in [-0.3, -0.25) is 20.4 Å². The molecule has 0 fully saturated rings. The minimum atomic E-state index is -0.352. The highest BCUT2D eigenvalue weighted by atomic mass is 32.1. The Kier molecular flexibility index (Phi) is 5.64. The third-order valence-corrected chi connectivity index (χ3v) is 3.94. The molecule has 0 saturated carbocycles. The van der Waals surface area contributed by atoms with E-state index in [1.165, 1.54) is 18.3 Å². The van der Waals surface area contributed by atoms with Crippen molar-refractivity contribution >= 4 is 29.1 Å². The van der Waals surface area contributed by atoms with Crippen LogP contribution in [0.5, 0.6) is 0 Å². The lowest BCUT2D eigenvalue weighted by Crippen LogP contribution is -2.35. The fraction of sp³-hybridized carbons (Fsp3) is 0.333. The van der Waals surface area contributed by atoms with Gasteiger partial charge in [0.2, 0.25) is 17.8 Å². The molecule has 122 valence electrons. The zero-order valence-electron chi connectivity index (χ0n) is 13.2. The van der Waals surface area contributed by atoms with E-state index in [1.54, 1.807) is 0 Å². The number of aromatic nitrogens is 2. The molecule has 0 spiro atoms. The van der Waals surface area contributed by atoms with Crippen LogP contribution >= 0.6 is 11.3 Å². The van der Waals surface area contributed by atoms with E-state index in [9.17, 15) is 9.59 Å². The Bertz CT molecular complexity index is 667. The van der Waals surface area contributed by atoms with Crippen molar-refractivity contribution in [3.8, 4) is 0 Å². The largest absolute Gasteiger partial charge is 0.348 e. The lowest BCUT2D eigenvalue weighted by molar-refractivity contribution is -0.122. The second-order valence-electron chi connectivity index (χ2n) is 5.12. The van der Waals surface area contributed by atoms with Crippen LogP contribution in [-0.4, -0.2) is 21.8 Å². The molecule has 8 heteroatoms. The summed E-state index contributed by atoms with van der Waals surface area (Å²) in [6.45, 7) is 5.14. The summed E-state index contributed by atoms with van der Waals surface area (Å²) >= 11 is 1.49. The van der Waals surface area contributed by atoms with Crippen molar-refractivity contribution in [3.05, 3.63) is 39.8 Å². The highest BCUT2D eigenvalue weighted by Gasteiger charge is 2.18. The Morgan fingerprint density at radius 2 is 1.96 bits per heavy atom. The van der Waals surface area contributed by atoms with E-state index in [0.29, 0.717) is 5.95 Å². The average Bonchev–Trinajstić information content (AvgIpc) is 2.97. The smallest absolute Gasteiger partial charge is 0.242 e. The van der Waals surface area contributed by atoms with E-state index < -0.39 is 0 Å². The number of rotatable bonds is 6. The van der Waals surface area contributed by atoms with Crippen molar-refractivity contribution in [1.29, 1.82) is 0 Å². The van der Waals surface area contributed by atoms with Gasteiger partial charge in [0.15, 0.2) is 0 Å². The number of hydrazine groups is 1. The highest BCUT2D eigenvalue weighted by molar-refractivity contribution is 7.10. The molecule has 0 aliphatic heterocycles. The molecule has 0 radical (unpaired) electrons. The first kappa shape index (κ1) is 16.9. The number of carbonyl (C=O) groups excluding carboxylic acids is 2. The molecule has 2 aromatic rings. The van der Waals surface area contributed by atoms with Crippen LogP contribution in [0.15, 0.2) is 23.6 Å². The zero-order valence-corrected chi connectivity index (χ0v) is 14.0. The van der Waals surface area contributed by atoms with Gasteiger partial charge in [-0.05, 0) is 31.4 Å². The molecule has 0 aromatic carbocycles. The van der Waals surface area contributed by atoms with Crippen LogP contribution in [0.1, 0.15) is 35.7 Å². The molecule has 1 unspecified atom stereocenters. The standard InChI is InChI=1S/C15H19N5O2S/c1-9-7-10(2)17-15(16-9)20-19-14(22)8-12(18-11(3)21)13-5-4-6-23-13/h4-7,12H,8H2,1-3H3,(H,18,21)(H,19,22)(H,16,17,20). The van der Waals surface area contributed by atoms with Gasteiger partial charge < -0.3 is 5.32 Å². The molecule has 0 saturated heterocycles. The summed E-state index contributed by atoms with van der Waals surface area (Å²) in [5.41, 5.74) is 6.88. The normalized spacial score (nSPS) is 11.6. The molecule has 7 nitrogen and oxygen atoms in total. The number of nitrogens with one attached hydrogen (secondary N) is 3. The molecule has 2 aromatic heterocycles. The van der Waals surface area contributed by atoms with E-state index in [4.69, 9.17) is 0 Å². The van der Waals surface area contributed by atoms with E-state index in [0.717, 1.165) is 16.3 Å². The average molecular weight is 333 g/mol. The van der Waals surface area contributed by atoms with Crippen LogP contribution in [-0.2, 0) is 9.59 Å². The molecule has 2 rings (SSSR count).